The van der Waals surface area contributed by atoms with Crippen LogP contribution in [0.3, 0.4) is 0 Å². The van der Waals surface area contributed by atoms with Crippen LogP contribution in [0.2, 0.25) is 5.02 Å². The van der Waals surface area contributed by atoms with E-state index in [1.54, 1.807) is 6.26 Å². The minimum absolute atomic E-state index is 0.203. The molecule has 0 aliphatic carbocycles. The minimum atomic E-state index is 0.203. The molecular weight excluding hydrogens is 312 g/mol. The lowest BCUT2D eigenvalue weighted by Gasteiger charge is -2.37. The van der Waals surface area contributed by atoms with Crippen molar-refractivity contribution in [2.75, 3.05) is 31.1 Å². The summed E-state index contributed by atoms with van der Waals surface area (Å²) < 4.78 is 5.28. The number of hydrogen-bond donors (Lipinski definition) is 0. The summed E-state index contributed by atoms with van der Waals surface area (Å²) in [5.74, 6) is 1.07. The number of hydrogen-bond acceptors (Lipinski definition) is 3. The molecule has 0 spiro atoms. The van der Waals surface area contributed by atoms with Gasteiger partial charge in [0, 0.05) is 49.7 Å². The number of carbonyl (C=O) groups is 1. The molecule has 2 heterocycles. The number of anilines is 1. The Morgan fingerprint density at radius 3 is 2.65 bits per heavy atom. The second kappa shape index (κ2) is 7.09. The average Bonchev–Trinajstić information content (AvgIpc) is 3.06. The molecule has 4 nitrogen and oxygen atoms in total. The van der Waals surface area contributed by atoms with Crippen molar-refractivity contribution in [3.05, 3.63) is 52.9 Å². The van der Waals surface area contributed by atoms with Crippen LogP contribution in [0, 0.1) is 6.92 Å². The van der Waals surface area contributed by atoms with Crippen LogP contribution < -0.4 is 4.90 Å². The van der Waals surface area contributed by atoms with E-state index >= 15 is 0 Å². The monoisotopic (exact) mass is 332 g/mol. The largest absolute Gasteiger partial charge is 0.469 e. The molecule has 3 rings (SSSR count). The van der Waals surface area contributed by atoms with Gasteiger partial charge in [-0.05, 0) is 42.8 Å². The fourth-order valence-electron chi connectivity index (χ4n) is 3.01. The van der Waals surface area contributed by atoms with Crippen LogP contribution >= 0.6 is 11.6 Å². The zero-order valence-electron chi connectivity index (χ0n) is 13.3. The van der Waals surface area contributed by atoms with Crippen LogP contribution in [-0.4, -0.2) is 37.0 Å². The Kier molecular flexibility index (Phi) is 4.91. The van der Waals surface area contributed by atoms with E-state index in [-0.39, 0.29) is 5.91 Å². The number of piperazine rings is 1. The van der Waals surface area contributed by atoms with Crippen molar-refractivity contribution in [2.24, 2.45) is 0 Å². The normalized spacial score (nSPS) is 15.0. The highest BCUT2D eigenvalue weighted by Crippen LogP contribution is 2.24. The number of furan rings is 1. The lowest BCUT2D eigenvalue weighted by Crippen LogP contribution is -2.49. The van der Waals surface area contributed by atoms with Crippen molar-refractivity contribution in [3.8, 4) is 0 Å². The van der Waals surface area contributed by atoms with Crippen LogP contribution in [0.15, 0.2) is 41.0 Å². The molecule has 0 atom stereocenters. The van der Waals surface area contributed by atoms with Gasteiger partial charge in [0.1, 0.15) is 5.76 Å². The Balaban J connectivity index is 1.52. The molecule has 1 aromatic heterocycles. The molecule has 2 aromatic rings. The predicted octanol–water partition coefficient (Wildman–Crippen LogP) is 3.52. The average molecular weight is 333 g/mol. The highest BCUT2D eigenvalue weighted by Gasteiger charge is 2.22. The van der Waals surface area contributed by atoms with Crippen molar-refractivity contribution >= 4 is 23.2 Å². The molecule has 1 amide bonds. The van der Waals surface area contributed by atoms with E-state index in [0.29, 0.717) is 12.8 Å². The summed E-state index contributed by atoms with van der Waals surface area (Å²) in [4.78, 5) is 16.6. The van der Waals surface area contributed by atoms with Crippen molar-refractivity contribution in [3.63, 3.8) is 0 Å². The predicted molar refractivity (Wildman–Crippen MR) is 92.0 cm³/mol. The second-order valence-corrected chi connectivity index (χ2v) is 6.31. The van der Waals surface area contributed by atoms with Gasteiger partial charge in [0.15, 0.2) is 0 Å². The quantitative estimate of drug-likeness (QED) is 0.859. The zero-order chi connectivity index (χ0) is 16.2. The molecule has 0 bridgehead atoms. The van der Waals surface area contributed by atoms with E-state index in [1.165, 1.54) is 11.3 Å². The summed E-state index contributed by atoms with van der Waals surface area (Å²) in [5.41, 5.74) is 2.38. The molecule has 1 saturated heterocycles. The van der Waals surface area contributed by atoms with Crippen molar-refractivity contribution in [1.82, 2.24) is 4.90 Å². The van der Waals surface area contributed by atoms with Crippen LogP contribution in [0.5, 0.6) is 0 Å². The summed E-state index contributed by atoms with van der Waals surface area (Å²) >= 11 is 6.02. The van der Waals surface area contributed by atoms with Gasteiger partial charge in [-0.2, -0.15) is 0 Å². The third-order valence-electron chi connectivity index (χ3n) is 4.30. The van der Waals surface area contributed by atoms with Crippen molar-refractivity contribution in [2.45, 2.75) is 19.8 Å². The molecule has 5 heteroatoms. The number of aryl methyl sites for hydroxylation is 2. The van der Waals surface area contributed by atoms with E-state index in [9.17, 15) is 4.79 Å². The number of nitrogens with zero attached hydrogens (tertiary/aromatic N) is 2. The van der Waals surface area contributed by atoms with Gasteiger partial charge in [-0.1, -0.05) is 11.6 Å². The Hall–Kier alpha value is -1.94. The maximum absolute atomic E-state index is 12.3. The highest BCUT2D eigenvalue weighted by atomic mass is 35.5. The first-order chi connectivity index (χ1) is 11.1. The van der Waals surface area contributed by atoms with E-state index in [1.807, 2.05) is 29.2 Å². The van der Waals surface area contributed by atoms with Gasteiger partial charge < -0.3 is 14.2 Å². The molecule has 0 N–H and O–H groups in total. The number of carbonyl (C=O) groups excluding carboxylic acids is 1. The smallest absolute Gasteiger partial charge is 0.223 e. The first kappa shape index (κ1) is 15.9. The Labute approximate surface area is 141 Å². The van der Waals surface area contributed by atoms with Gasteiger partial charge >= 0.3 is 0 Å². The van der Waals surface area contributed by atoms with Crippen molar-refractivity contribution in [1.29, 1.82) is 0 Å². The molecule has 1 fully saturated rings. The molecular formula is C18H21ClN2O2. The number of benzene rings is 1. The summed E-state index contributed by atoms with van der Waals surface area (Å²) in [7, 11) is 0. The summed E-state index contributed by atoms with van der Waals surface area (Å²) in [5, 5.41) is 0.762. The molecule has 0 radical (unpaired) electrons. The van der Waals surface area contributed by atoms with Crippen molar-refractivity contribution < 1.29 is 9.21 Å². The van der Waals surface area contributed by atoms with Gasteiger partial charge in [0.25, 0.3) is 0 Å². The maximum atomic E-state index is 12.3. The van der Waals surface area contributed by atoms with E-state index in [0.717, 1.165) is 37.0 Å². The first-order valence-corrected chi connectivity index (χ1v) is 8.32. The minimum Gasteiger partial charge on any atom is -0.469 e. The van der Waals surface area contributed by atoms with Gasteiger partial charge in [0.05, 0.1) is 6.26 Å². The van der Waals surface area contributed by atoms with Gasteiger partial charge in [-0.15, -0.1) is 0 Å². The zero-order valence-corrected chi connectivity index (χ0v) is 14.1. The van der Waals surface area contributed by atoms with Gasteiger partial charge in [-0.3, -0.25) is 4.79 Å². The molecule has 1 aliphatic heterocycles. The second-order valence-electron chi connectivity index (χ2n) is 5.88. The summed E-state index contributed by atoms with van der Waals surface area (Å²) in [6.07, 6.45) is 2.82. The van der Waals surface area contributed by atoms with Gasteiger partial charge in [0.2, 0.25) is 5.91 Å². The summed E-state index contributed by atoms with van der Waals surface area (Å²) in [6.45, 7) is 5.31. The molecule has 0 unspecified atom stereocenters. The fraction of sp³-hybridized carbons (Fsp3) is 0.389. The Morgan fingerprint density at radius 1 is 1.22 bits per heavy atom. The van der Waals surface area contributed by atoms with Crippen LogP contribution in [0.25, 0.3) is 0 Å². The van der Waals surface area contributed by atoms with Gasteiger partial charge in [-0.25, -0.2) is 0 Å². The lowest BCUT2D eigenvalue weighted by atomic mass is 10.1. The molecule has 1 aromatic carbocycles. The molecule has 0 saturated carbocycles. The number of amides is 1. The third kappa shape index (κ3) is 3.88. The maximum Gasteiger partial charge on any atom is 0.223 e. The highest BCUT2D eigenvalue weighted by molar-refractivity contribution is 6.30. The Bertz CT molecular complexity index is 662. The SMILES string of the molecule is Cc1cc(Cl)ccc1N1CCN(C(=O)CCc2ccco2)CC1. The van der Waals surface area contributed by atoms with E-state index < -0.39 is 0 Å². The molecule has 23 heavy (non-hydrogen) atoms. The number of rotatable bonds is 4. The lowest BCUT2D eigenvalue weighted by molar-refractivity contribution is -0.131. The topological polar surface area (TPSA) is 36.7 Å². The molecule has 122 valence electrons. The third-order valence-corrected chi connectivity index (χ3v) is 4.53. The van der Waals surface area contributed by atoms with E-state index in [2.05, 4.69) is 17.9 Å². The van der Waals surface area contributed by atoms with Crippen LogP contribution in [0.1, 0.15) is 17.7 Å². The fourth-order valence-corrected chi connectivity index (χ4v) is 3.24. The first-order valence-electron chi connectivity index (χ1n) is 7.95. The van der Waals surface area contributed by atoms with Crippen LogP contribution in [0.4, 0.5) is 5.69 Å². The standard InChI is InChI=1S/C18H21ClN2O2/c1-14-13-15(19)4-6-17(14)20-8-10-21(11-9-20)18(22)7-5-16-3-2-12-23-16/h2-4,6,12-13H,5,7-11H2,1H3. The van der Waals surface area contributed by atoms with E-state index in [4.69, 9.17) is 16.0 Å². The number of halogens is 1. The molecule has 1 aliphatic rings. The Morgan fingerprint density at radius 2 is 2.00 bits per heavy atom. The van der Waals surface area contributed by atoms with Crippen LogP contribution in [-0.2, 0) is 11.2 Å². The summed E-state index contributed by atoms with van der Waals surface area (Å²) in [6, 6.07) is 9.73.